The van der Waals surface area contributed by atoms with Crippen molar-refractivity contribution in [2.75, 3.05) is 0 Å². The van der Waals surface area contributed by atoms with Gasteiger partial charge in [-0.15, -0.1) is 0 Å². The number of benzene rings is 1. The van der Waals surface area contributed by atoms with Crippen LogP contribution in [0.2, 0.25) is 10.0 Å². The van der Waals surface area contributed by atoms with Crippen molar-refractivity contribution < 1.29 is 0 Å². The van der Waals surface area contributed by atoms with Crippen molar-refractivity contribution in [3.05, 3.63) is 28.0 Å². The molecule has 1 unspecified atom stereocenters. The zero-order chi connectivity index (χ0) is 11.7. The van der Waals surface area contributed by atoms with E-state index in [2.05, 4.69) is 16.9 Å². The van der Waals surface area contributed by atoms with Gasteiger partial charge < -0.3 is 10.7 Å². The van der Waals surface area contributed by atoms with Crippen molar-refractivity contribution in [3.8, 4) is 0 Å². The van der Waals surface area contributed by atoms with E-state index in [4.69, 9.17) is 28.9 Å². The third kappa shape index (κ3) is 2.32. The summed E-state index contributed by atoms with van der Waals surface area (Å²) in [5.74, 6) is 0.877. The summed E-state index contributed by atoms with van der Waals surface area (Å²) in [6.45, 7) is 2.06. The number of nitrogens with one attached hydrogen (secondary N) is 1. The van der Waals surface area contributed by atoms with Crippen LogP contribution in [0.3, 0.4) is 0 Å². The predicted molar refractivity (Wildman–Crippen MR) is 68.1 cm³/mol. The Morgan fingerprint density at radius 1 is 1.38 bits per heavy atom. The van der Waals surface area contributed by atoms with E-state index in [1.165, 1.54) is 0 Å². The molecule has 86 valence electrons. The standard InChI is InChI=1S/C11H13Cl2N3/c1-2-6(14)3-11-15-9-4-7(12)8(13)5-10(9)16-11/h4-6H,2-3,14H2,1H3,(H,15,16). The first-order chi connectivity index (χ1) is 7.60. The Balaban J connectivity index is 2.36. The maximum absolute atomic E-state index is 5.93. The number of aromatic nitrogens is 2. The number of nitrogens with zero attached hydrogens (tertiary/aromatic N) is 1. The first-order valence-corrected chi connectivity index (χ1v) is 5.95. The van der Waals surface area contributed by atoms with Crippen molar-refractivity contribution in [2.24, 2.45) is 5.73 Å². The summed E-state index contributed by atoms with van der Waals surface area (Å²) in [5, 5.41) is 1.05. The molecule has 0 aliphatic rings. The van der Waals surface area contributed by atoms with Gasteiger partial charge in [0, 0.05) is 12.5 Å². The number of H-pyrrole nitrogens is 1. The fourth-order valence-corrected chi connectivity index (χ4v) is 1.87. The van der Waals surface area contributed by atoms with Crippen molar-refractivity contribution >= 4 is 34.2 Å². The molecule has 1 heterocycles. The van der Waals surface area contributed by atoms with E-state index in [0.717, 1.165) is 29.7 Å². The third-order valence-electron chi connectivity index (χ3n) is 2.55. The molecule has 3 N–H and O–H groups in total. The summed E-state index contributed by atoms with van der Waals surface area (Å²) in [6.07, 6.45) is 1.67. The van der Waals surface area contributed by atoms with Crippen molar-refractivity contribution in [2.45, 2.75) is 25.8 Å². The molecule has 1 aromatic heterocycles. The number of fused-ring (bicyclic) bond motifs is 1. The zero-order valence-electron chi connectivity index (χ0n) is 8.93. The lowest BCUT2D eigenvalue weighted by atomic mass is 10.2. The Morgan fingerprint density at radius 3 is 2.75 bits per heavy atom. The average Bonchev–Trinajstić information content (AvgIpc) is 2.60. The van der Waals surface area contributed by atoms with Crippen LogP contribution in [0.4, 0.5) is 0 Å². The van der Waals surface area contributed by atoms with Crippen molar-refractivity contribution in [1.82, 2.24) is 9.97 Å². The van der Waals surface area contributed by atoms with Crippen LogP contribution in [0.15, 0.2) is 12.1 Å². The second-order valence-electron chi connectivity index (χ2n) is 3.84. The van der Waals surface area contributed by atoms with Crippen LogP contribution in [0.5, 0.6) is 0 Å². The number of rotatable bonds is 3. The molecule has 0 aliphatic carbocycles. The Kier molecular flexibility index (Phi) is 3.38. The molecule has 1 aromatic carbocycles. The van der Waals surface area contributed by atoms with Crippen LogP contribution in [-0.4, -0.2) is 16.0 Å². The molecule has 0 spiro atoms. The minimum atomic E-state index is 0.131. The fourth-order valence-electron chi connectivity index (χ4n) is 1.55. The van der Waals surface area contributed by atoms with E-state index in [9.17, 15) is 0 Å². The quantitative estimate of drug-likeness (QED) is 0.888. The fraction of sp³-hybridized carbons (Fsp3) is 0.364. The normalized spacial score (nSPS) is 13.2. The Morgan fingerprint density at radius 2 is 2.06 bits per heavy atom. The molecule has 0 fully saturated rings. The molecule has 0 bridgehead atoms. The summed E-state index contributed by atoms with van der Waals surface area (Å²) < 4.78 is 0. The van der Waals surface area contributed by atoms with E-state index >= 15 is 0 Å². The average molecular weight is 258 g/mol. The maximum Gasteiger partial charge on any atom is 0.108 e. The SMILES string of the molecule is CCC(N)Cc1nc2cc(Cl)c(Cl)cc2[nH]1. The topological polar surface area (TPSA) is 54.7 Å². The summed E-state index contributed by atoms with van der Waals surface area (Å²) in [4.78, 5) is 7.62. The van der Waals surface area contributed by atoms with E-state index < -0.39 is 0 Å². The van der Waals surface area contributed by atoms with Gasteiger partial charge in [0.25, 0.3) is 0 Å². The van der Waals surface area contributed by atoms with E-state index in [1.807, 2.05) is 0 Å². The summed E-state index contributed by atoms with van der Waals surface area (Å²) in [5.41, 5.74) is 7.60. The van der Waals surface area contributed by atoms with E-state index in [-0.39, 0.29) is 6.04 Å². The van der Waals surface area contributed by atoms with Crippen LogP contribution in [0, 0.1) is 0 Å². The highest BCUT2D eigenvalue weighted by molar-refractivity contribution is 6.42. The summed E-state index contributed by atoms with van der Waals surface area (Å²) >= 11 is 11.8. The molecule has 2 rings (SSSR count). The monoisotopic (exact) mass is 257 g/mol. The molecule has 1 atom stereocenters. The zero-order valence-corrected chi connectivity index (χ0v) is 10.4. The third-order valence-corrected chi connectivity index (χ3v) is 3.28. The van der Waals surface area contributed by atoms with Gasteiger partial charge in [0.2, 0.25) is 0 Å². The first-order valence-electron chi connectivity index (χ1n) is 5.19. The second kappa shape index (κ2) is 4.62. The van der Waals surface area contributed by atoms with Crippen LogP contribution in [0.25, 0.3) is 11.0 Å². The lowest BCUT2D eigenvalue weighted by Crippen LogP contribution is -2.21. The van der Waals surface area contributed by atoms with E-state index in [0.29, 0.717) is 10.0 Å². The lowest BCUT2D eigenvalue weighted by Gasteiger charge is -2.04. The van der Waals surface area contributed by atoms with Gasteiger partial charge in [0.05, 0.1) is 21.1 Å². The van der Waals surface area contributed by atoms with Crippen LogP contribution in [-0.2, 0) is 6.42 Å². The number of hydrogen-bond acceptors (Lipinski definition) is 2. The number of imidazole rings is 1. The van der Waals surface area contributed by atoms with Crippen LogP contribution in [0.1, 0.15) is 19.2 Å². The molecular weight excluding hydrogens is 245 g/mol. The van der Waals surface area contributed by atoms with Gasteiger partial charge in [-0.2, -0.15) is 0 Å². The van der Waals surface area contributed by atoms with Crippen molar-refractivity contribution in [3.63, 3.8) is 0 Å². The number of aromatic amines is 1. The van der Waals surface area contributed by atoms with Crippen LogP contribution >= 0.6 is 23.2 Å². The lowest BCUT2D eigenvalue weighted by molar-refractivity contribution is 0.630. The highest BCUT2D eigenvalue weighted by Crippen LogP contribution is 2.26. The molecule has 5 heteroatoms. The molecule has 3 nitrogen and oxygen atoms in total. The van der Waals surface area contributed by atoms with Gasteiger partial charge in [0.15, 0.2) is 0 Å². The smallest absolute Gasteiger partial charge is 0.108 e. The minimum Gasteiger partial charge on any atom is -0.342 e. The molecule has 16 heavy (non-hydrogen) atoms. The summed E-state index contributed by atoms with van der Waals surface area (Å²) in [6, 6.07) is 3.68. The first kappa shape index (κ1) is 11.7. The molecule has 0 saturated carbocycles. The molecular formula is C11H13Cl2N3. The van der Waals surface area contributed by atoms with Gasteiger partial charge >= 0.3 is 0 Å². The number of nitrogens with two attached hydrogens (primary N) is 1. The summed E-state index contributed by atoms with van der Waals surface area (Å²) in [7, 11) is 0. The van der Waals surface area contributed by atoms with Gasteiger partial charge in [0.1, 0.15) is 5.82 Å². The Hall–Kier alpha value is -0.770. The maximum atomic E-state index is 5.93. The molecule has 0 saturated heterocycles. The van der Waals surface area contributed by atoms with Gasteiger partial charge in [-0.3, -0.25) is 0 Å². The molecule has 0 aliphatic heterocycles. The predicted octanol–water partition coefficient (Wildman–Crippen LogP) is 3.15. The second-order valence-corrected chi connectivity index (χ2v) is 4.65. The Bertz CT molecular complexity index is 468. The minimum absolute atomic E-state index is 0.131. The van der Waals surface area contributed by atoms with Gasteiger partial charge in [-0.1, -0.05) is 30.1 Å². The van der Waals surface area contributed by atoms with E-state index in [1.54, 1.807) is 12.1 Å². The van der Waals surface area contributed by atoms with Gasteiger partial charge in [-0.25, -0.2) is 4.98 Å². The largest absolute Gasteiger partial charge is 0.342 e. The molecule has 2 aromatic rings. The number of hydrogen-bond donors (Lipinski definition) is 2. The molecule has 0 amide bonds. The molecule has 0 radical (unpaired) electrons. The highest BCUT2D eigenvalue weighted by Gasteiger charge is 2.08. The Labute approximate surface area is 104 Å². The number of halogens is 2. The highest BCUT2D eigenvalue weighted by atomic mass is 35.5. The van der Waals surface area contributed by atoms with Crippen LogP contribution < -0.4 is 5.73 Å². The van der Waals surface area contributed by atoms with Gasteiger partial charge in [-0.05, 0) is 18.6 Å². The van der Waals surface area contributed by atoms with Crippen molar-refractivity contribution in [1.29, 1.82) is 0 Å².